The lowest BCUT2D eigenvalue weighted by molar-refractivity contribution is 0.0707. The van der Waals surface area contributed by atoms with Gasteiger partial charge in [0.1, 0.15) is 5.82 Å². The van der Waals surface area contributed by atoms with E-state index in [9.17, 15) is 4.39 Å². The molecular weight excluding hydrogens is 475 g/mol. The van der Waals surface area contributed by atoms with Crippen molar-refractivity contribution in [3.05, 3.63) is 83.7 Å². The summed E-state index contributed by atoms with van der Waals surface area (Å²) >= 11 is 0. The Morgan fingerprint density at radius 2 is 1.47 bits per heavy atom. The number of nitrogens with zero attached hydrogens (tertiary/aromatic N) is 4. The second-order valence-electron chi connectivity index (χ2n) is 10.7. The van der Waals surface area contributed by atoms with Crippen LogP contribution in [0.3, 0.4) is 0 Å². The number of benzene rings is 3. The number of fused-ring (bicyclic) bond motifs is 1. The number of hydrogen-bond donors (Lipinski definition) is 2. The molecule has 0 amide bonds. The van der Waals surface area contributed by atoms with Crippen molar-refractivity contribution >= 4 is 16.7 Å². The van der Waals surface area contributed by atoms with Crippen LogP contribution in [0.5, 0.6) is 0 Å². The summed E-state index contributed by atoms with van der Waals surface area (Å²) < 4.78 is 13.7. The van der Waals surface area contributed by atoms with Gasteiger partial charge in [0.25, 0.3) is 0 Å². The summed E-state index contributed by atoms with van der Waals surface area (Å²) in [4.78, 5) is 9.58. The van der Waals surface area contributed by atoms with Gasteiger partial charge in [-0.2, -0.15) is 0 Å². The van der Waals surface area contributed by atoms with E-state index in [1.54, 1.807) is 12.1 Å². The largest absolute Gasteiger partial charge is 0.370 e. The highest BCUT2D eigenvalue weighted by atomic mass is 19.1. The molecular formula is C31H41FN6. The number of halogens is 1. The van der Waals surface area contributed by atoms with E-state index in [1.807, 2.05) is 17.0 Å². The van der Waals surface area contributed by atoms with Gasteiger partial charge in [-0.15, -0.1) is 0 Å². The van der Waals surface area contributed by atoms with Crippen molar-refractivity contribution < 1.29 is 4.39 Å². The second kappa shape index (κ2) is 12.7. The Morgan fingerprint density at radius 1 is 0.789 bits per heavy atom. The second-order valence-corrected chi connectivity index (χ2v) is 10.7. The van der Waals surface area contributed by atoms with Gasteiger partial charge in [-0.1, -0.05) is 54.6 Å². The monoisotopic (exact) mass is 516 g/mol. The Morgan fingerprint density at radius 3 is 2.21 bits per heavy atom. The van der Waals surface area contributed by atoms with E-state index in [0.717, 1.165) is 71.9 Å². The summed E-state index contributed by atoms with van der Waals surface area (Å²) in [5, 5.41) is 10.5. The molecule has 0 spiro atoms. The number of nitrogens with one attached hydrogen (secondary N) is 1. The highest BCUT2D eigenvalue weighted by Gasteiger charge is 2.28. The number of piperazine rings is 2. The first-order valence-electron chi connectivity index (χ1n) is 14.1. The molecule has 1 unspecified atom stereocenters. The average Bonchev–Trinajstić information content (AvgIpc) is 2.95. The molecule has 38 heavy (non-hydrogen) atoms. The van der Waals surface area contributed by atoms with Crippen LogP contribution in [0.1, 0.15) is 30.0 Å². The van der Waals surface area contributed by atoms with E-state index < -0.39 is 0 Å². The third-order valence-corrected chi connectivity index (χ3v) is 8.30. The molecule has 2 saturated heterocycles. The number of hydrogen-bond acceptors (Lipinski definition) is 4. The molecule has 1 atom stereocenters. The van der Waals surface area contributed by atoms with E-state index >= 15 is 0 Å². The van der Waals surface area contributed by atoms with E-state index in [4.69, 9.17) is 11.1 Å². The van der Waals surface area contributed by atoms with Crippen LogP contribution in [0.25, 0.3) is 10.8 Å². The molecule has 0 radical (unpaired) electrons. The SMILES string of the molecule is N=C(N)N1CCN(C(CN2CCN(CCCCc3cccc4ccccc34)CC2)c2ccc(F)cc2)CC1. The molecule has 202 valence electrons. The number of unbranched alkanes of at least 4 members (excludes halogenated alkanes) is 1. The fraction of sp³-hybridized carbons (Fsp3) is 0.452. The van der Waals surface area contributed by atoms with Crippen LogP contribution in [0.15, 0.2) is 66.7 Å². The lowest BCUT2D eigenvalue weighted by Crippen LogP contribution is -2.54. The first-order valence-corrected chi connectivity index (χ1v) is 14.1. The first-order chi connectivity index (χ1) is 18.6. The Labute approximate surface area is 226 Å². The van der Waals surface area contributed by atoms with Crippen molar-refractivity contribution in [1.82, 2.24) is 19.6 Å². The maximum absolute atomic E-state index is 13.7. The van der Waals surface area contributed by atoms with Gasteiger partial charge in [-0.25, -0.2) is 4.39 Å². The maximum Gasteiger partial charge on any atom is 0.188 e. The summed E-state index contributed by atoms with van der Waals surface area (Å²) in [6.07, 6.45) is 3.58. The van der Waals surface area contributed by atoms with Crippen molar-refractivity contribution in [1.29, 1.82) is 5.41 Å². The van der Waals surface area contributed by atoms with E-state index in [-0.39, 0.29) is 17.8 Å². The predicted molar refractivity (Wildman–Crippen MR) is 154 cm³/mol. The average molecular weight is 517 g/mol. The Kier molecular flexibility index (Phi) is 8.89. The maximum atomic E-state index is 13.7. The van der Waals surface area contributed by atoms with Gasteiger partial charge in [0.2, 0.25) is 0 Å². The van der Waals surface area contributed by atoms with Gasteiger partial charge < -0.3 is 15.5 Å². The summed E-state index contributed by atoms with van der Waals surface area (Å²) in [6.45, 7) is 9.68. The predicted octanol–water partition coefficient (Wildman–Crippen LogP) is 4.17. The minimum absolute atomic E-state index is 0.149. The van der Waals surface area contributed by atoms with Crippen molar-refractivity contribution in [3.8, 4) is 0 Å². The Balaban J connectivity index is 1.10. The summed E-state index contributed by atoms with van der Waals surface area (Å²) in [6, 6.07) is 22.6. The highest BCUT2D eigenvalue weighted by Crippen LogP contribution is 2.25. The number of nitrogens with two attached hydrogens (primary N) is 1. The van der Waals surface area contributed by atoms with Crippen molar-refractivity contribution in [3.63, 3.8) is 0 Å². The summed E-state index contributed by atoms with van der Waals surface area (Å²) in [7, 11) is 0. The van der Waals surface area contributed by atoms with Gasteiger partial charge in [-0.3, -0.25) is 15.2 Å². The van der Waals surface area contributed by atoms with Crippen molar-refractivity contribution in [2.24, 2.45) is 5.73 Å². The van der Waals surface area contributed by atoms with Crippen LogP contribution >= 0.6 is 0 Å². The molecule has 6 nitrogen and oxygen atoms in total. The van der Waals surface area contributed by atoms with Crippen LogP contribution in [-0.4, -0.2) is 91.0 Å². The zero-order valence-electron chi connectivity index (χ0n) is 22.4. The zero-order chi connectivity index (χ0) is 26.3. The minimum atomic E-state index is -0.192. The minimum Gasteiger partial charge on any atom is -0.370 e. The quantitative estimate of drug-likeness (QED) is 0.254. The van der Waals surface area contributed by atoms with Crippen LogP contribution in [0.2, 0.25) is 0 Å². The molecule has 3 aromatic rings. The van der Waals surface area contributed by atoms with Gasteiger partial charge in [0, 0.05) is 64.9 Å². The van der Waals surface area contributed by atoms with Crippen LogP contribution in [-0.2, 0) is 6.42 Å². The fourth-order valence-corrected chi connectivity index (χ4v) is 5.99. The highest BCUT2D eigenvalue weighted by molar-refractivity contribution is 5.85. The molecule has 0 saturated carbocycles. The van der Waals surface area contributed by atoms with Gasteiger partial charge >= 0.3 is 0 Å². The van der Waals surface area contributed by atoms with Crippen LogP contribution < -0.4 is 5.73 Å². The smallest absolute Gasteiger partial charge is 0.188 e. The van der Waals surface area contributed by atoms with Gasteiger partial charge in [0.05, 0.1) is 0 Å². The molecule has 3 aromatic carbocycles. The number of aryl methyl sites for hydroxylation is 1. The lowest BCUT2D eigenvalue weighted by Gasteiger charge is -2.43. The zero-order valence-corrected chi connectivity index (χ0v) is 22.4. The molecule has 2 heterocycles. The topological polar surface area (TPSA) is 62.8 Å². The molecule has 0 aliphatic carbocycles. The standard InChI is InChI=1S/C31H41FN6/c32-28-13-11-27(12-14-28)30(37-20-22-38(23-21-37)31(33)34)24-36-18-16-35(17-19-36)15-4-3-7-26-9-5-8-25-6-1-2-10-29(25)26/h1-2,5-6,8-14,30H,3-4,7,15-24H2,(H3,33,34). The van der Waals surface area contributed by atoms with Gasteiger partial charge in [0.15, 0.2) is 5.96 Å². The molecule has 0 aromatic heterocycles. The number of guanidine groups is 1. The first kappa shape index (κ1) is 26.6. The number of rotatable bonds is 9. The molecule has 2 fully saturated rings. The normalized spacial score (nSPS) is 18.6. The molecule has 5 rings (SSSR count). The third-order valence-electron chi connectivity index (χ3n) is 8.30. The molecule has 7 heteroatoms. The third kappa shape index (κ3) is 6.70. The summed E-state index contributed by atoms with van der Waals surface area (Å²) in [5.74, 6) is -0.0424. The Bertz CT molecular complexity index is 1180. The van der Waals surface area contributed by atoms with E-state index in [1.165, 1.54) is 34.7 Å². The molecule has 0 bridgehead atoms. The van der Waals surface area contributed by atoms with Crippen molar-refractivity contribution in [2.75, 3.05) is 65.4 Å². The van der Waals surface area contributed by atoms with E-state index in [0.29, 0.717) is 0 Å². The van der Waals surface area contributed by atoms with Crippen LogP contribution in [0.4, 0.5) is 4.39 Å². The Hall–Kier alpha value is -3.00. The fourth-order valence-electron chi connectivity index (χ4n) is 5.99. The van der Waals surface area contributed by atoms with Crippen molar-refractivity contribution in [2.45, 2.75) is 25.3 Å². The molecule has 2 aliphatic rings. The molecule has 2 aliphatic heterocycles. The lowest BCUT2D eigenvalue weighted by atomic mass is 10.00. The van der Waals surface area contributed by atoms with E-state index in [2.05, 4.69) is 57.2 Å². The van der Waals surface area contributed by atoms with Gasteiger partial charge in [-0.05, 0) is 59.8 Å². The van der Waals surface area contributed by atoms with Crippen LogP contribution in [0, 0.1) is 11.2 Å². The molecule has 3 N–H and O–H groups in total. The summed E-state index contributed by atoms with van der Waals surface area (Å²) in [5.41, 5.74) is 8.34.